The van der Waals surface area contributed by atoms with Crippen LogP contribution in [0.4, 0.5) is 5.69 Å². The number of hydrogen-bond acceptors (Lipinski definition) is 7. The maximum atomic E-state index is 12.5. The van der Waals surface area contributed by atoms with Gasteiger partial charge in [-0.25, -0.2) is 9.59 Å². The summed E-state index contributed by atoms with van der Waals surface area (Å²) in [6.07, 6.45) is 2.52. The Morgan fingerprint density at radius 1 is 1.15 bits per heavy atom. The van der Waals surface area contributed by atoms with Crippen LogP contribution in [-0.2, 0) is 14.3 Å². The Morgan fingerprint density at radius 2 is 1.74 bits per heavy atom. The molecule has 1 fully saturated rings. The highest BCUT2D eigenvalue weighted by atomic mass is 16.5. The molecule has 1 heterocycles. The van der Waals surface area contributed by atoms with Crippen LogP contribution in [0, 0.1) is 0 Å². The first kappa shape index (κ1) is 20.9. The van der Waals surface area contributed by atoms with E-state index in [9.17, 15) is 19.5 Å². The molecule has 1 aromatic carbocycles. The van der Waals surface area contributed by atoms with Crippen molar-refractivity contribution in [3.8, 4) is 0 Å². The van der Waals surface area contributed by atoms with Crippen molar-refractivity contribution in [2.75, 3.05) is 39.2 Å². The second-order valence-corrected chi connectivity index (χ2v) is 6.59. The van der Waals surface area contributed by atoms with Crippen LogP contribution >= 0.6 is 0 Å². The summed E-state index contributed by atoms with van der Waals surface area (Å²) in [6, 6.07) is 4.24. The van der Waals surface area contributed by atoms with Gasteiger partial charge < -0.3 is 19.9 Å². The summed E-state index contributed by atoms with van der Waals surface area (Å²) in [7, 11) is 2.47. The lowest BCUT2D eigenvalue weighted by Crippen LogP contribution is -2.49. The molecule has 1 amide bonds. The number of amides is 1. The van der Waals surface area contributed by atoms with Gasteiger partial charge in [0.2, 0.25) is 5.91 Å². The van der Waals surface area contributed by atoms with Gasteiger partial charge in [0.25, 0.3) is 0 Å². The third-order valence-corrected chi connectivity index (χ3v) is 5.09. The summed E-state index contributed by atoms with van der Waals surface area (Å²) in [6.45, 7) is 2.85. The number of anilines is 1. The molecular formula is C19H26N2O6. The number of methoxy groups -OCH3 is 2. The second kappa shape index (κ2) is 8.96. The molecule has 1 aliphatic heterocycles. The highest BCUT2D eigenvalue weighted by molar-refractivity contribution is 5.99. The molecule has 1 aliphatic rings. The number of ether oxygens (including phenoxy) is 2. The summed E-state index contributed by atoms with van der Waals surface area (Å²) in [5.41, 5.74) is 0.196. The van der Waals surface area contributed by atoms with E-state index in [0.29, 0.717) is 5.69 Å². The van der Waals surface area contributed by atoms with Crippen molar-refractivity contribution in [3.63, 3.8) is 0 Å². The zero-order valence-electron chi connectivity index (χ0n) is 15.9. The minimum absolute atomic E-state index is 0.00109. The number of aliphatic hydroxyl groups excluding tert-OH is 1. The summed E-state index contributed by atoms with van der Waals surface area (Å²) in [5, 5.41) is 12.5. The molecule has 0 unspecified atom stereocenters. The van der Waals surface area contributed by atoms with Crippen LogP contribution in [0.25, 0.3) is 0 Å². The van der Waals surface area contributed by atoms with Crippen LogP contribution in [0.2, 0.25) is 0 Å². The number of nitrogens with zero attached hydrogens (tertiary/aromatic N) is 1. The molecule has 0 radical (unpaired) electrons. The lowest BCUT2D eigenvalue weighted by molar-refractivity contribution is -0.118. The number of aliphatic hydroxyl groups is 1. The summed E-state index contributed by atoms with van der Waals surface area (Å²) < 4.78 is 9.38. The van der Waals surface area contributed by atoms with Crippen LogP contribution in [0.15, 0.2) is 18.2 Å². The van der Waals surface area contributed by atoms with E-state index in [1.165, 1.54) is 32.4 Å². The Labute approximate surface area is 158 Å². The molecule has 1 atom stereocenters. The van der Waals surface area contributed by atoms with E-state index in [-0.39, 0.29) is 35.7 Å². The van der Waals surface area contributed by atoms with Crippen molar-refractivity contribution < 1.29 is 29.0 Å². The number of likely N-dealkylation sites (tertiary alicyclic amines) is 1. The van der Waals surface area contributed by atoms with Gasteiger partial charge in [0.1, 0.15) is 0 Å². The van der Waals surface area contributed by atoms with Gasteiger partial charge in [-0.05, 0) is 44.0 Å². The van der Waals surface area contributed by atoms with Crippen molar-refractivity contribution in [1.29, 1.82) is 0 Å². The van der Waals surface area contributed by atoms with Crippen molar-refractivity contribution in [2.45, 2.75) is 31.7 Å². The van der Waals surface area contributed by atoms with Gasteiger partial charge in [0, 0.05) is 11.2 Å². The standard InChI is InChI=1S/C19H26N2O6/c1-4-19(12-22)6-5-7-21(19)11-16(23)20-15-9-13(17(24)26-2)8-14(10-15)18(25)27-3/h8-10,22H,4-7,11-12H2,1-3H3,(H,20,23)/t19-/m0/s1. The van der Waals surface area contributed by atoms with Gasteiger partial charge in [0.15, 0.2) is 0 Å². The number of benzene rings is 1. The number of carbonyl (C=O) groups is 3. The Morgan fingerprint density at radius 3 is 2.22 bits per heavy atom. The smallest absolute Gasteiger partial charge is 0.337 e. The highest BCUT2D eigenvalue weighted by Gasteiger charge is 2.39. The van der Waals surface area contributed by atoms with Gasteiger partial charge in [-0.15, -0.1) is 0 Å². The van der Waals surface area contributed by atoms with E-state index in [1.807, 2.05) is 11.8 Å². The Hall–Kier alpha value is -2.45. The largest absolute Gasteiger partial charge is 0.465 e. The van der Waals surface area contributed by atoms with E-state index in [0.717, 1.165) is 25.8 Å². The highest BCUT2D eigenvalue weighted by Crippen LogP contribution is 2.31. The molecule has 0 spiro atoms. The fourth-order valence-corrected chi connectivity index (χ4v) is 3.48. The van der Waals surface area contributed by atoms with E-state index in [2.05, 4.69) is 14.8 Å². The molecule has 8 nitrogen and oxygen atoms in total. The quantitative estimate of drug-likeness (QED) is 0.692. The molecule has 0 saturated carbocycles. The first-order valence-corrected chi connectivity index (χ1v) is 8.86. The first-order chi connectivity index (χ1) is 12.9. The van der Waals surface area contributed by atoms with Gasteiger partial charge in [-0.3, -0.25) is 9.69 Å². The van der Waals surface area contributed by atoms with Gasteiger partial charge >= 0.3 is 11.9 Å². The van der Waals surface area contributed by atoms with Crippen LogP contribution in [0.1, 0.15) is 46.9 Å². The zero-order chi connectivity index (χ0) is 20.0. The maximum Gasteiger partial charge on any atom is 0.337 e. The SMILES string of the molecule is CC[C@@]1(CO)CCCN1CC(=O)Nc1cc(C(=O)OC)cc(C(=O)OC)c1. The predicted octanol–water partition coefficient (Wildman–Crippen LogP) is 1.44. The first-order valence-electron chi connectivity index (χ1n) is 8.86. The molecule has 1 saturated heterocycles. The van der Waals surface area contributed by atoms with E-state index >= 15 is 0 Å². The van der Waals surface area contributed by atoms with E-state index in [1.54, 1.807) is 0 Å². The number of esters is 2. The van der Waals surface area contributed by atoms with E-state index < -0.39 is 11.9 Å². The van der Waals surface area contributed by atoms with Gasteiger partial charge in [-0.2, -0.15) is 0 Å². The zero-order valence-corrected chi connectivity index (χ0v) is 15.9. The predicted molar refractivity (Wildman–Crippen MR) is 98.7 cm³/mol. The molecule has 0 bridgehead atoms. The summed E-state index contributed by atoms with van der Waals surface area (Å²) in [4.78, 5) is 38.2. The van der Waals surface area contributed by atoms with Crippen molar-refractivity contribution in [1.82, 2.24) is 4.90 Å². The van der Waals surface area contributed by atoms with Crippen LogP contribution < -0.4 is 5.32 Å². The Bertz CT molecular complexity index is 680. The topological polar surface area (TPSA) is 105 Å². The van der Waals surface area contributed by atoms with Gasteiger partial charge in [0.05, 0.1) is 38.5 Å². The van der Waals surface area contributed by atoms with Crippen molar-refractivity contribution >= 4 is 23.5 Å². The average Bonchev–Trinajstić information content (AvgIpc) is 3.08. The molecule has 1 aromatic rings. The van der Waals surface area contributed by atoms with Crippen LogP contribution in [0.5, 0.6) is 0 Å². The maximum absolute atomic E-state index is 12.5. The van der Waals surface area contributed by atoms with Crippen molar-refractivity contribution in [3.05, 3.63) is 29.3 Å². The Kier molecular flexibility index (Phi) is 6.92. The van der Waals surface area contributed by atoms with E-state index in [4.69, 9.17) is 0 Å². The summed E-state index contributed by atoms with van der Waals surface area (Å²) >= 11 is 0. The monoisotopic (exact) mass is 378 g/mol. The molecule has 27 heavy (non-hydrogen) atoms. The van der Waals surface area contributed by atoms with Crippen molar-refractivity contribution in [2.24, 2.45) is 0 Å². The molecule has 2 N–H and O–H groups in total. The molecule has 0 aromatic heterocycles. The van der Waals surface area contributed by atoms with Crippen LogP contribution in [0.3, 0.4) is 0 Å². The number of nitrogens with one attached hydrogen (secondary N) is 1. The fourth-order valence-electron chi connectivity index (χ4n) is 3.48. The number of hydrogen-bond donors (Lipinski definition) is 2. The number of carbonyl (C=O) groups excluding carboxylic acids is 3. The fraction of sp³-hybridized carbons (Fsp3) is 0.526. The second-order valence-electron chi connectivity index (χ2n) is 6.59. The summed E-state index contributed by atoms with van der Waals surface area (Å²) in [5.74, 6) is -1.54. The third kappa shape index (κ3) is 4.64. The molecule has 148 valence electrons. The Balaban J connectivity index is 2.19. The average molecular weight is 378 g/mol. The lowest BCUT2D eigenvalue weighted by Gasteiger charge is -2.35. The normalized spacial score (nSPS) is 19.6. The molecule has 2 rings (SSSR count). The number of rotatable bonds is 7. The van der Waals surface area contributed by atoms with Gasteiger partial charge in [-0.1, -0.05) is 6.92 Å². The molecule has 0 aliphatic carbocycles. The minimum Gasteiger partial charge on any atom is -0.465 e. The molecular weight excluding hydrogens is 352 g/mol. The lowest BCUT2D eigenvalue weighted by atomic mass is 9.94. The molecule has 8 heteroatoms. The third-order valence-electron chi connectivity index (χ3n) is 5.09. The van der Waals surface area contributed by atoms with Crippen LogP contribution in [-0.4, -0.2) is 67.3 Å². The minimum atomic E-state index is -0.624.